The molecule has 0 aliphatic heterocycles. The van der Waals surface area contributed by atoms with Crippen LogP contribution in [-0.2, 0) is 4.79 Å². The zero-order valence-electron chi connectivity index (χ0n) is 12.1. The zero-order chi connectivity index (χ0) is 14.6. The van der Waals surface area contributed by atoms with Crippen LogP contribution in [0.4, 0.5) is 5.82 Å². The van der Waals surface area contributed by atoms with Gasteiger partial charge in [0.25, 0.3) is 0 Å². The summed E-state index contributed by atoms with van der Waals surface area (Å²) in [5.74, 6) is 0.661. The SMILES string of the molecule is CCN(CC)C(=O)C(C)Nc1nnc(Cl)c(C)c1C. The highest BCUT2D eigenvalue weighted by Crippen LogP contribution is 2.21. The van der Waals surface area contributed by atoms with E-state index in [4.69, 9.17) is 11.6 Å². The van der Waals surface area contributed by atoms with Gasteiger partial charge in [0.05, 0.1) is 0 Å². The molecule has 0 bridgehead atoms. The molecule has 1 aromatic heterocycles. The van der Waals surface area contributed by atoms with Gasteiger partial charge in [-0.3, -0.25) is 4.79 Å². The Bertz CT molecular complexity index is 460. The van der Waals surface area contributed by atoms with Gasteiger partial charge in [0, 0.05) is 13.1 Å². The van der Waals surface area contributed by atoms with Crippen LogP contribution in [0, 0.1) is 13.8 Å². The minimum atomic E-state index is -0.339. The van der Waals surface area contributed by atoms with Crippen molar-refractivity contribution in [1.29, 1.82) is 0 Å². The second-order valence-corrected chi connectivity index (χ2v) is 4.82. The molecular weight excluding hydrogens is 264 g/mol. The third-order valence-electron chi connectivity index (χ3n) is 3.26. The lowest BCUT2D eigenvalue weighted by Gasteiger charge is -2.24. The lowest BCUT2D eigenvalue weighted by molar-refractivity contribution is -0.131. The lowest BCUT2D eigenvalue weighted by atomic mass is 10.2. The first-order chi connectivity index (χ1) is 8.92. The third-order valence-corrected chi connectivity index (χ3v) is 3.62. The van der Waals surface area contributed by atoms with Crippen LogP contribution in [0.25, 0.3) is 0 Å². The summed E-state index contributed by atoms with van der Waals surface area (Å²) in [7, 11) is 0. The molecule has 0 aliphatic rings. The van der Waals surface area contributed by atoms with Crippen molar-refractivity contribution < 1.29 is 4.79 Å². The monoisotopic (exact) mass is 284 g/mol. The number of nitrogens with one attached hydrogen (secondary N) is 1. The Hall–Kier alpha value is -1.36. The lowest BCUT2D eigenvalue weighted by Crippen LogP contribution is -2.41. The van der Waals surface area contributed by atoms with Crippen molar-refractivity contribution in [3.8, 4) is 0 Å². The molecule has 0 saturated carbocycles. The largest absolute Gasteiger partial charge is 0.357 e. The van der Waals surface area contributed by atoms with E-state index in [0.717, 1.165) is 11.1 Å². The van der Waals surface area contributed by atoms with Crippen molar-refractivity contribution in [3.63, 3.8) is 0 Å². The van der Waals surface area contributed by atoms with Gasteiger partial charge in [-0.05, 0) is 45.7 Å². The smallest absolute Gasteiger partial charge is 0.244 e. The van der Waals surface area contributed by atoms with E-state index < -0.39 is 0 Å². The van der Waals surface area contributed by atoms with Crippen LogP contribution in [0.5, 0.6) is 0 Å². The van der Waals surface area contributed by atoms with Gasteiger partial charge in [0.2, 0.25) is 5.91 Å². The van der Waals surface area contributed by atoms with Gasteiger partial charge in [0.15, 0.2) is 11.0 Å². The van der Waals surface area contributed by atoms with E-state index >= 15 is 0 Å². The fourth-order valence-electron chi connectivity index (χ4n) is 1.79. The van der Waals surface area contributed by atoms with Crippen molar-refractivity contribution in [2.45, 2.75) is 40.7 Å². The van der Waals surface area contributed by atoms with Gasteiger partial charge >= 0.3 is 0 Å². The molecule has 1 unspecified atom stereocenters. The van der Waals surface area contributed by atoms with Gasteiger partial charge < -0.3 is 10.2 Å². The maximum atomic E-state index is 12.2. The minimum Gasteiger partial charge on any atom is -0.357 e. The highest BCUT2D eigenvalue weighted by atomic mass is 35.5. The summed E-state index contributed by atoms with van der Waals surface area (Å²) in [4.78, 5) is 13.9. The standard InChI is InChI=1S/C13H21ClN4O/c1-6-18(7-2)13(19)10(5)15-12-9(4)8(3)11(14)16-17-12/h10H,6-7H2,1-5H3,(H,15,17). The Morgan fingerprint density at radius 3 is 2.37 bits per heavy atom. The maximum Gasteiger partial charge on any atom is 0.244 e. The Morgan fingerprint density at radius 1 is 1.26 bits per heavy atom. The minimum absolute atomic E-state index is 0.0544. The second kappa shape index (κ2) is 6.70. The number of amides is 1. The predicted molar refractivity (Wildman–Crippen MR) is 77.5 cm³/mol. The van der Waals surface area contributed by atoms with E-state index in [-0.39, 0.29) is 11.9 Å². The molecule has 1 aromatic rings. The summed E-state index contributed by atoms with van der Waals surface area (Å²) in [5.41, 5.74) is 1.79. The van der Waals surface area contributed by atoms with Crippen LogP contribution < -0.4 is 5.32 Å². The molecule has 0 spiro atoms. The number of hydrogen-bond donors (Lipinski definition) is 1. The van der Waals surface area contributed by atoms with Crippen molar-refractivity contribution in [2.24, 2.45) is 0 Å². The first-order valence-corrected chi connectivity index (χ1v) is 6.84. The molecule has 0 aliphatic carbocycles. The van der Waals surface area contributed by atoms with Crippen LogP contribution in [0.2, 0.25) is 5.15 Å². The second-order valence-electron chi connectivity index (χ2n) is 4.47. The fourth-order valence-corrected chi connectivity index (χ4v) is 1.97. The Balaban J connectivity index is 2.85. The maximum absolute atomic E-state index is 12.2. The third kappa shape index (κ3) is 3.56. The summed E-state index contributed by atoms with van der Waals surface area (Å²) in [6, 6.07) is -0.339. The summed E-state index contributed by atoms with van der Waals surface area (Å²) in [6.07, 6.45) is 0. The quantitative estimate of drug-likeness (QED) is 0.902. The Labute approximate surface area is 119 Å². The molecule has 0 aromatic carbocycles. The molecule has 0 saturated heterocycles. The number of halogens is 1. The van der Waals surface area contributed by atoms with E-state index in [9.17, 15) is 4.79 Å². The van der Waals surface area contributed by atoms with E-state index in [1.807, 2.05) is 34.6 Å². The summed E-state index contributed by atoms with van der Waals surface area (Å²) < 4.78 is 0. The molecule has 5 nitrogen and oxygen atoms in total. The van der Waals surface area contributed by atoms with E-state index in [0.29, 0.717) is 24.1 Å². The number of nitrogens with zero attached hydrogens (tertiary/aromatic N) is 3. The van der Waals surface area contributed by atoms with Gasteiger partial charge in [0.1, 0.15) is 6.04 Å². The first kappa shape index (κ1) is 15.7. The highest BCUT2D eigenvalue weighted by Gasteiger charge is 2.19. The van der Waals surface area contributed by atoms with E-state index in [1.165, 1.54) is 0 Å². The van der Waals surface area contributed by atoms with Gasteiger partial charge in [-0.1, -0.05) is 11.6 Å². The fraction of sp³-hybridized carbons (Fsp3) is 0.615. The van der Waals surface area contributed by atoms with Crippen LogP contribution in [0.1, 0.15) is 31.9 Å². The molecule has 0 fully saturated rings. The topological polar surface area (TPSA) is 58.1 Å². The average Bonchev–Trinajstić information content (AvgIpc) is 2.40. The Kier molecular flexibility index (Phi) is 5.54. The van der Waals surface area contributed by atoms with Crippen LogP contribution in [0.15, 0.2) is 0 Å². The molecule has 1 heterocycles. The molecule has 1 atom stereocenters. The first-order valence-electron chi connectivity index (χ1n) is 6.47. The molecular formula is C13H21ClN4O. The van der Waals surface area contributed by atoms with Crippen molar-refractivity contribution in [2.75, 3.05) is 18.4 Å². The van der Waals surface area contributed by atoms with Crippen molar-refractivity contribution in [3.05, 3.63) is 16.3 Å². The number of aromatic nitrogens is 2. The normalized spacial score (nSPS) is 12.1. The highest BCUT2D eigenvalue weighted by molar-refractivity contribution is 6.30. The van der Waals surface area contributed by atoms with E-state index in [2.05, 4.69) is 15.5 Å². The van der Waals surface area contributed by atoms with Gasteiger partial charge in [-0.15, -0.1) is 10.2 Å². The number of carbonyl (C=O) groups excluding carboxylic acids is 1. The Morgan fingerprint density at radius 2 is 1.84 bits per heavy atom. The van der Waals surface area contributed by atoms with E-state index in [1.54, 1.807) is 4.90 Å². The number of hydrogen-bond acceptors (Lipinski definition) is 4. The number of carbonyl (C=O) groups is 1. The summed E-state index contributed by atoms with van der Waals surface area (Å²) in [5, 5.41) is 11.4. The van der Waals surface area contributed by atoms with Gasteiger partial charge in [-0.2, -0.15) is 0 Å². The van der Waals surface area contributed by atoms with Crippen molar-refractivity contribution >= 4 is 23.3 Å². The molecule has 19 heavy (non-hydrogen) atoms. The molecule has 1 N–H and O–H groups in total. The number of rotatable bonds is 5. The molecule has 6 heteroatoms. The summed E-state index contributed by atoms with van der Waals surface area (Å²) in [6.45, 7) is 10.9. The predicted octanol–water partition coefficient (Wildman–Crippen LogP) is 2.42. The molecule has 1 amide bonds. The molecule has 106 valence electrons. The van der Waals surface area contributed by atoms with Crippen molar-refractivity contribution in [1.82, 2.24) is 15.1 Å². The average molecular weight is 285 g/mol. The van der Waals surface area contributed by atoms with Crippen LogP contribution in [0.3, 0.4) is 0 Å². The number of likely N-dealkylation sites (N-methyl/N-ethyl adjacent to an activating group) is 1. The van der Waals surface area contributed by atoms with Gasteiger partial charge in [-0.25, -0.2) is 0 Å². The zero-order valence-corrected chi connectivity index (χ0v) is 12.9. The molecule has 1 rings (SSSR count). The van der Waals surface area contributed by atoms with Crippen LogP contribution >= 0.6 is 11.6 Å². The summed E-state index contributed by atoms with van der Waals surface area (Å²) >= 11 is 5.90. The molecule has 0 radical (unpaired) electrons. The number of anilines is 1. The van der Waals surface area contributed by atoms with Crippen LogP contribution in [-0.4, -0.2) is 40.1 Å².